The molecule has 1 aromatic heterocycles. The van der Waals surface area contributed by atoms with Crippen molar-refractivity contribution in [2.24, 2.45) is 0 Å². The first-order valence-electron chi connectivity index (χ1n) is 3.82. The van der Waals surface area contributed by atoms with Crippen LogP contribution >= 0.6 is 0 Å². The molecule has 0 saturated heterocycles. The topological polar surface area (TPSA) is 61.6 Å². The first kappa shape index (κ1) is 9.57. The van der Waals surface area contributed by atoms with Crippen molar-refractivity contribution in [2.75, 3.05) is 14.2 Å². The molecule has 0 aliphatic rings. The van der Waals surface area contributed by atoms with Gasteiger partial charge in [-0.2, -0.15) is 0 Å². The third kappa shape index (κ3) is 2.77. The maximum absolute atomic E-state index is 10.7. The van der Waals surface area contributed by atoms with Gasteiger partial charge in [-0.25, -0.2) is 0 Å². The normalized spacial score (nSPS) is 9.69. The fourth-order valence-electron chi connectivity index (χ4n) is 0.835. The van der Waals surface area contributed by atoms with Crippen LogP contribution in [0, 0.1) is 0 Å². The van der Waals surface area contributed by atoms with Crippen molar-refractivity contribution in [3.63, 3.8) is 0 Å². The van der Waals surface area contributed by atoms with Crippen LogP contribution in [0.3, 0.4) is 0 Å². The summed E-state index contributed by atoms with van der Waals surface area (Å²) in [5, 5.41) is 3.59. The van der Waals surface area contributed by atoms with Crippen molar-refractivity contribution >= 4 is 5.97 Å². The van der Waals surface area contributed by atoms with E-state index in [2.05, 4.69) is 9.89 Å². The molecule has 0 fully saturated rings. The lowest BCUT2D eigenvalue weighted by Gasteiger charge is -1.94. The molecule has 0 N–H and O–H groups in total. The molecule has 13 heavy (non-hydrogen) atoms. The third-order valence-electron chi connectivity index (χ3n) is 1.55. The molecule has 0 atom stereocenters. The Balaban J connectivity index is 2.41. The summed E-state index contributed by atoms with van der Waals surface area (Å²) in [6, 6.07) is 1.64. The number of methoxy groups -OCH3 is 2. The summed E-state index contributed by atoms with van der Waals surface area (Å²) in [5.74, 6) is 0.762. The van der Waals surface area contributed by atoms with Crippen LogP contribution in [0.15, 0.2) is 10.6 Å². The molecule has 1 rings (SSSR count). The first-order chi connectivity index (χ1) is 6.26. The van der Waals surface area contributed by atoms with Crippen molar-refractivity contribution < 1.29 is 18.8 Å². The van der Waals surface area contributed by atoms with Crippen molar-refractivity contribution in [2.45, 2.75) is 12.8 Å². The number of aryl methyl sites for hydroxylation is 1. The van der Waals surface area contributed by atoms with Gasteiger partial charge in [-0.1, -0.05) is 0 Å². The number of carbonyl (C=O) groups is 1. The Morgan fingerprint density at radius 3 is 2.92 bits per heavy atom. The summed E-state index contributed by atoms with van der Waals surface area (Å²) in [5.41, 5.74) is 0. The molecule has 0 radical (unpaired) electrons. The number of hydrogen-bond donors (Lipinski definition) is 0. The summed E-state index contributed by atoms with van der Waals surface area (Å²) in [6.07, 6.45) is 0.762. The molecule has 1 heterocycles. The van der Waals surface area contributed by atoms with Crippen molar-refractivity contribution in [1.29, 1.82) is 0 Å². The molecule has 0 aromatic carbocycles. The summed E-state index contributed by atoms with van der Waals surface area (Å²) < 4.78 is 14.1. The first-order valence-corrected chi connectivity index (χ1v) is 3.82. The Hall–Kier alpha value is -1.52. The van der Waals surface area contributed by atoms with E-state index in [0.717, 1.165) is 0 Å². The lowest BCUT2D eigenvalue weighted by atomic mass is 10.2. The number of carbonyl (C=O) groups excluding carboxylic acids is 1. The predicted molar refractivity (Wildman–Crippen MR) is 43.4 cm³/mol. The highest BCUT2D eigenvalue weighted by Gasteiger charge is 2.06. The minimum atomic E-state index is -0.268. The smallest absolute Gasteiger partial charge is 0.305 e. The van der Waals surface area contributed by atoms with Gasteiger partial charge in [0.2, 0.25) is 0 Å². The van der Waals surface area contributed by atoms with Gasteiger partial charge in [-0.05, 0) is 5.16 Å². The number of aromatic nitrogens is 1. The molecule has 0 aliphatic heterocycles. The van der Waals surface area contributed by atoms with Gasteiger partial charge in [-0.3, -0.25) is 4.79 Å². The Bertz CT molecular complexity index is 281. The molecule has 5 nitrogen and oxygen atoms in total. The van der Waals surface area contributed by atoms with Gasteiger partial charge in [0.15, 0.2) is 0 Å². The zero-order chi connectivity index (χ0) is 9.68. The van der Waals surface area contributed by atoms with Crippen LogP contribution in [0.5, 0.6) is 5.88 Å². The SMILES string of the molecule is COC(=O)CCc1cc(OC)no1. The summed E-state index contributed by atoms with van der Waals surface area (Å²) in [7, 11) is 2.85. The highest BCUT2D eigenvalue weighted by Crippen LogP contribution is 2.12. The fraction of sp³-hybridized carbons (Fsp3) is 0.500. The summed E-state index contributed by atoms with van der Waals surface area (Å²) in [4.78, 5) is 10.7. The maximum atomic E-state index is 10.7. The van der Waals surface area contributed by atoms with Gasteiger partial charge < -0.3 is 14.0 Å². The van der Waals surface area contributed by atoms with Gasteiger partial charge in [0.1, 0.15) is 5.76 Å². The number of nitrogens with zero attached hydrogens (tertiary/aromatic N) is 1. The fourth-order valence-corrected chi connectivity index (χ4v) is 0.835. The molecular weight excluding hydrogens is 174 g/mol. The van der Waals surface area contributed by atoms with Crippen LogP contribution in [0.25, 0.3) is 0 Å². The number of hydrogen-bond acceptors (Lipinski definition) is 5. The zero-order valence-corrected chi connectivity index (χ0v) is 7.57. The molecule has 0 aliphatic carbocycles. The summed E-state index contributed by atoms with van der Waals surface area (Å²) >= 11 is 0. The molecule has 0 bridgehead atoms. The standard InChI is InChI=1S/C8H11NO4/c1-11-7-5-6(13-9-7)3-4-8(10)12-2/h5H,3-4H2,1-2H3. The van der Waals surface area contributed by atoms with E-state index in [1.165, 1.54) is 14.2 Å². The van der Waals surface area contributed by atoms with Gasteiger partial charge in [0.05, 0.1) is 20.6 Å². The Labute approximate surface area is 75.6 Å². The van der Waals surface area contributed by atoms with E-state index in [-0.39, 0.29) is 12.4 Å². The average molecular weight is 185 g/mol. The molecule has 0 unspecified atom stereocenters. The quantitative estimate of drug-likeness (QED) is 0.649. The van der Waals surface area contributed by atoms with Crippen LogP contribution in [0.4, 0.5) is 0 Å². The Kier molecular flexibility index (Phi) is 3.31. The van der Waals surface area contributed by atoms with E-state index in [1.807, 2.05) is 0 Å². The Morgan fingerprint density at radius 1 is 1.62 bits per heavy atom. The van der Waals surface area contributed by atoms with E-state index in [4.69, 9.17) is 9.26 Å². The van der Waals surface area contributed by atoms with Crippen LogP contribution in [-0.2, 0) is 16.0 Å². The summed E-state index contributed by atoms with van der Waals surface area (Å²) in [6.45, 7) is 0. The Morgan fingerprint density at radius 2 is 2.38 bits per heavy atom. The third-order valence-corrected chi connectivity index (χ3v) is 1.55. The van der Waals surface area contributed by atoms with Crippen molar-refractivity contribution in [3.8, 4) is 5.88 Å². The van der Waals surface area contributed by atoms with Crippen LogP contribution < -0.4 is 4.74 Å². The molecule has 0 amide bonds. The molecule has 0 spiro atoms. The second-order valence-electron chi connectivity index (χ2n) is 2.41. The van der Waals surface area contributed by atoms with Gasteiger partial charge in [0, 0.05) is 12.5 Å². The average Bonchev–Trinajstić information content (AvgIpc) is 2.61. The van der Waals surface area contributed by atoms with E-state index >= 15 is 0 Å². The van der Waals surface area contributed by atoms with Gasteiger partial charge in [-0.15, -0.1) is 0 Å². The number of rotatable bonds is 4. The van der Waals surface area contributed by atoms with Gasteiger partial charge in [0.25, 0.3) is 5.88 Å². The van der Waals surface area contributed by atoms with Crippen LogP contribution in [-0.4, -0.2) is 25.3 Å². The lowest BCUT2D eigenvalue weighted by molar-refractivity contribution is -0.140. The van der Waals surface area contributed by atoms with E-state index in [1.54, 1.807) is 6.07 Å². The monoisotopic (exact) mass is 185 g/mol. The maximum Gasteiger partial charge on any atom is 0.305 e. The second kappa shape index (κ2) is 4.49. The highest BCUT2D eigenvalue weighted by atomic mass is 16.5. The molecular formula is C8H11NO4. The van der Waals surface area contributed by atoms with Crippen LogP contribution in [0.2, 0.25) is 0 Å². The number of ether oxygens (including phenoxy) is 2. The number of esters is 1. The highest BCUT2D eigenvalue weighted by molar-refractivity contribution is 5.69. The largest absolute Gasteiger partial charge is 0.479 e. The molecule has 5 heteroatoms. The van der Waals surface area contributed by atoms with Gasteiger partial charge >= 0.3 is 5.97 Å². The minimum Gasteiger partial charge on any atom is -0.479 e. The lowest BCUT2D eigenvalue weighted by Crippen LogP contribution is -2.01. The second-order valence-corrected chi connectivity index (χ2v) is 2.41. The van der Waals surface area contributed by atoms with E-state index in [9.17, 15) is 4.79 Å². The van der Waals surface area contributed by atoms with Crippen molar-refractivity contribution in [3.05, 3.63) is 11.8 Å². The van der Waals surface area contributed by atoms with E-state index < -0.39 is 0 Å². The molecule has 1 aromatic rings. The molecule has 0 saturated carbocycles. The molecule has 72 valence electrons. The minimum absolute atomic E-state index is 0.268. The van der Waals surface area contributed by atoms with E-state index in [0.29, 0.717) is 18.1 Å². The predicted octanol–water partition coefficient (Wildman–Crippen LogP) is 0.789. The van der Waals surface area contributed by atoms with Crippen LogP contribution in [0.1, 0.15) is 12.2 Å². The van der Waals surface area contributed by atoms with Crippen molar-refractivity contribution in [1.82, 2.24) is 5.16 Å². The zero-order valence-electron chi connectivity index (χ0n) is 7.57.